The van der Waals surface area contributed by atoms with Gasteiger partial charge in [0.15, 0.2) is 0 Å². The van der Waals surface area contributed by atoms with Crippen molar-refractivity contribution in [1.82, 2.24) is 5.32 Å². The topological polar surface area (TPSA) is 21.3 Å². The van der Waals surface area contributed by atoms with Gasteiger partial charge in [0.25, 0.3) is 0 Å². The quantitative estimate of drug-likeness (QED) is 0.830. The van der Waals surface area contributed by atoms with E-state index in [1.54, 1.807) is 5.57 Å². The first-order chi connectivity index (χ1) is 10.4. The second-order valence-electron chi connectivity index (χ2n) is 6.28. The zero-order valence-electron chi connectivity index (χ0n) is 13.1. The van der Waals surface area contributed by atoms with Crippen LogP contribution in [-0.2, 0) is 0 Å². The van der Waals surface area contributed by atoms with E-state index in [2.05, 4.69) is 42.7 Å². The SMILES string of the molecule is CNC(/C1=C/CCCCCC1)C1CCOc2ccccc21. The molecule has 1 aromatic rings. The summed E-state index contributed by atoms with van der Waals surface area (Å²) in [6.07, 6.45) is 11.6. The molecule has 1 N–H and O–H groups in total. The first-order valence-corrected chi connectivity index (χ1v) is 8.48. The fourth-order valence-electron chi connectivity index (χ4n) is 3.86. The van der Waals surface area contributed by atoms with Crippen LogP contribution in [0, 0.1) is 0 Å². The number of allylic oxidation sites excluding steroid dienone is 1. The van der Waals surface area contributed by atoms with Crippen molar-refractivity contribution in [2.45, 2.75) is 56.9 Å². The molecule has 21 heavy (non-hydrogen) atoms. The van der Waals surface area contributed by atoms with Gasteiger partial charge in [-0.3, -0.25) is 0 Å². The summed E-state index contributed by atoms with van der Waals surface area (Å²) in [5.41, 5.74) is 3.00. The van der Waals surface area contributed by atoms with Crippen LogP contribution in [0.15, 0.2) is 35.9 Å². The van der Waals surface area contributed by atoms with E-state index in [9.17, 15) is 0 Å². The van der Waals surface area contributed by atoms with Crippen LogP contribution < -0.4 is 10.1 Å². The van der Waals surface area contributed by atoms with Crippen molar-refractivity contribution in [1.29, 1.82) is 0 Å². The molecule has 2 heteroatoms. The molecule has 0 radical (unpaired) electrons. The van der Waals surface area contributed by atoms with Crippen LogP contribution >= 0.6 is 0 Å². The molecule has 0 fully saturated rings. The van der Waals surface area contributed by atoms with E-state index in [1.807, 2.05) is 0 Å². The third-order valence-corrected chi connectivity index (χ3v) is 4.94. The highest BCUT2D eigenvalue weighted by atomic mass is 16.5. The smallest absolute Gasteiger partial charge is 0.122 e. The summed E-state index contributed by atoms with van der Waals surface area (Å²) in [6.45, 7) is 0.840. The van der Waals surface area contributed by atoms with Gasteiger partial charge in [-0.1, -0.05) is 42.7 Å². The lowest BCUT2D eigenvalue weighted by Gasteiger charge is -2.34. The molecule has 2 nitrogen and oxygen atoms in total. The van der Waals surface area contributed by atoms with Crippen LogP contribution in [0.3, 0.4) is 0 Å². The molecular weight excluding hydrogens is 258 g/mol. The molecule has 114 valence electrons. The molecule has 2 unspecified atom stereocenters. The minimum absolute atomic E-state index is 0.466. The molecule has 1 aliphatic carbocycles. The summed E-state index contributed by atoms with van der Waals surface area (Å²) in [4.78, 5) is 0. The Kier molecular flexibility index (Phi) is 4.97. The number of para-hydroxylation sites is 1. The standard InChI is InChI=1S/C19H27NO/c1-20-19(15-9-5-3-2-4-6-10-15)17-13-14-21-18-12-8-7-11-16(17)18/h7-9,11-12,17,19-20H,2-6,10,13-14H2,1H3/b15-9+. The lowest BCUT2D eigenvalue weighted by atomic mass is 9.80. The van der Waals surface area contributed by atoms with Gasteiger partial charge in [-0.15, -0.1) is 0 Å². The highest BCUT2D eigenvalue weighted by Crippen LogP contribution is 2.38. The molecule has 0 spiro atoms. The molecule has 1 aromatic carbocycles. The second kappa shape index (κ2) is 7.13. The molecule has 0 saturated carbocycles. The van der Waals surface area contributed by atoms with E-state index < -0.39 is 0 Å². The summed E-state index contributed by atoms with van der Waals surface area (Å²) in [5, 5.41) is 3.61. The number of hydrogen-bond donors (Lipinski definition) is 1. The Morgan fingerprint density at radius 3 is 2.90 bits per heavy atom. The summed E-state index contributed by atoms with van der Waals surface area (Å²) < 4.78 is 5.83. The number of benzene rings is 1. The highest BCUT2D eigenvalue weighted by Gasteiger charge is 2.30. The number of likely N-dealkylation sites (N-methyl/N-ethyl adjacent to an activating group) is 1. The Morgan fingerprint density at radius 1 is 1.14 bits per heavy atom. The Balaban J connectivity index is 1.86. The molecule has 1 heterocycles. The zero-order valence-corrected chi connectivity index (χ0v) is 13.1. The fourth-order valence-corrected chi connectivity index (χ4v) is 3.86. The van der Waals surface area contributed by atoms with Crippen LogP contribution in [0.4, 0.5) is 0 Å². The summed E-state index contributed by atoms with van der Waals surface area (Å²) in [6, 6.07) is 9.03. The lowest BCUT2D eigenvalue weighted by Crippen LogP contribution is -2.36. The molecular formula is C19H27NO. The molecule has 0 aromatic heterocycles. The third kappa shape index (κ3) is 3.32. The summed E-state index contributed by atoms with van der Waals surface area (Å²) in [7, 11) is 2.11. The molecule has 1 aliphatic heterocycles. The van der Waals surface area contributed by atoms with E-state index in [0.717, 1.165) is 18.8 Å². The zero-order chi connectivity index (χ0) is 14.5. The van der Waals surface area contributed by atoms with Crippen LogP contribution in [0.25, 0.3) is 0 Å². The van der Waals surface area contributed by atoms with Gasteiger partial charge in [0.05, 0.1) is 6.61 Å². The number of fused-ring (bicyclic) bond motifs is 1. The largest absolute Gasteiger partial charge is 0.493 e. The minimum atomic E-state index is 0.466. The van der Waals surface area contributed by atoms with E-state index in [4.69, 9.17) is 4.74 Å². The monoisotopic (exact) mass is 285 g/mol. The summed E-state index contributed by atoms with van der Waals surface area (Å²) >= 11 is 0. The van der Waals surface area contributed by atoms with Gasteiger partial charge >= 0.3 is 0 Å². The minimum Gasteiger partial charge on any atom is -0.493 e. The average Bonchev–Trinajstić information content (AvgIpc) is 2.50. The Labute approximate surface area is 128 Å². The van der Waals surface area contributed by atoms with Crippen LogP contribution in [0.1, 0.15) is 56.4 Å². The van der Waals surface area contributed by atoms with Crippen molar-refractivity contribution < 1.29 is 4.74 Å². The van der Waals surface area contributed by atoms with Crippen molar-refractivity contribution in [3.05, 3.63) is 41.5 Å². The average molecular weight is 285 g/mol. The second-order valence-corrected chi connectivity index (χ2v) is 6.28. The Morgan fingerprint density at radius 2 is 2.00 bits per heavy atom. The van der Waals surface area contributed by atoms with Gasteiger partial charge in [-0.2, -0.15) is 0 Å². The Hall–Kier alpha value is -1.28. The van der Waals surface area contributed by atoms with Gasteiger partial charge in [0.1, 0.15) is 5.75 Å². The predicted octanol–water partition coefficient (Wildman–Crippen LogP) is 4.42. The fraction of sp³-hybridized carbons (Fsp3) is 0.579. The predicted molar refractivity (Wildman–Crippen MR) is 87.9 cm³/mol. The van der Waals surface area contributed by atoms with Crippen molar-refractivity contribution in [2.75, 3.05) is 13.7 Å². The van der Waals surface area contributed by atoms with Gasteiger partial charge in [-0.05, 0) is 50.8 Å². The molecule has 2 aliphatic rings. The van der Waals surface area contributed by atoms with Crippen molar-refractivity contribution in [3.63, 3.8) is 0 Å². The Bertz CT molecular complexity index is 494. The molecule has 0 saturated heterocycles. The first-order valence-electron chi connectivity index (χ1n) is 8.48. The van der Waals surface area contributed by atoms with Crippen molar-refractivity contribution >= 4 is 0 Å². The lowest BCUT2D eigenvalue weighted by molar-refractivity contribution is 0.253. The maximum absolute atomic E-state index is 5.83. The van der Waals surface area contributed by atoms with E-state index in [-0.39, 0.29) is 0 Å². The number of hydrogen-bond acceptors (Lipinski definition) is 2. The van der Waals surface area contributed by atoms with E-state index in [1.165, 1.54) is 44.1 Å². The molecule has 0 bridgehead atoms. The van der Waals surface area contributed by atoms with E-state index >= 15 is 0 Å². The van der Waals surface area contributed by atoms with Crippen molar-refractivity contribution in [2.24, 2.45) is 0 Å². The third-order valence-electron chi connectivity index (χ3n) is 4.94. The maximum Gasteiger partial charge on any atom is 0.122 e. The highest BCUT2D eigenvalue weighted by molar-refractivity contribution is 5.40. The van der Waals surface area contributed by atoms with Gasteiger partial charge in [0, 0.05) is 12.0 Å². The molecule has 3 rings (SSSR count). The maximum atomic E-state index is 5.83. The van der Waals surface area contributed by atoms with Crippen LogP contribution in [-0.4, -0.2) is 19.7 Å². The van der Waals surface area contributed by atoms with Crippen LogP contribution in [0.5, 0.6) is 5.75 Å². The first kappa shape index (κ1) is 14.6. The van der Waals surface area contributed by atoms with Crippen molar-refractivity contribution in [3.8, 4) is 5.75 Å². The van der Waals surface area contributed by atoms with Gasteiger partial charge in [0.2, 0.25) is 0 Å². The molecule has 0 amide bonds. The molecule has 2 atom stereocenters. The van der Waals surface area contributed by atoms with Crippen LogP contribution in [0.2, 0.25) is 0 Å². The normalized spacial score (nSPS) is 26.5. The summed E-state index contributed by atoms with van der Waals surface area (Å²) in [5.74, 6) is 1.63. The van der Waals surface area contributed by atoms with E-state index in [0.29, 0.717) is 12.0 Å². The van der Waals surface area contributed by atoms with Gasteiger partial charge < -0.3 is 10.1 Å². The number of rotatable bonds is 3. The number of nitrogens with one attached hydrogen (secondary N) is 1. The van der Waals surface area contributed by atoms with Gasteiger partial charge in [-0.25, -0.2) is 0 Å². The number of ether oxygens (including phenoxy) is 1.